The standard InChI is InChI=1S/C26H28N4O.C6H8O7/c1-21-4-6-22(7-5-21)17-29(18-23-10-13-27-14-11-23)19-24-8-9-26(31-2)25(16-24)20-30-15-3-12-28-30;7-3(8)1-6(13,5(11)12)2-4(9)10/h3-16H,17-20H2,1-2H3;13H,1-2H2,(H,7,8)(H,9,10)(H,11,12). The molecule has 0 aliphatic carbocycles. The van der Waals surface area contributed by atoms with Crippen molar-refractivity contribution in [2.45, 2.75) is 51.5 Å². The van der Waals surface area contributed by atoms with E-state index < -0.39 is 36.4 Å². The molecule has 2 aromatic heterocycles. The van der Waals surface area contributed by atoms with Crippen molar-refractivity contribution in [2.75, 3.05) is 7.11 Å². The smallest absolute Gasteiger partial charge is 0.336 e. The van der Waals surface area contributed by atoms with Gasteiger partial charge in [-0.05, 0) is 53.9 Å². The van der Waals surface area contributed by atoms with Gasteiger partial charge >= 0.3 is 17.9 Å². The number of nitrogens with zero attached hydrogens (tertiary/aromatic N) is 4. The Morgan fingerprint density at radius 2 is 1.41 bits per heavy atom. The van der Waals surface area contributed by atoms with Gasteiger partial charge in [0.2, 0.25) is 0 Å². The van der Waals surface area contributed by atoms with Crippen LogP contribution in [0.3, 0.4) is 0 Å². The van der Waals surface area contributed by atoms with Gasteiger partial charge < -0.3 is 25.2 Å². The molecule has 0 unspecified atom stereocenters. The normalized spacial score (nSPS) is 11.0. The summed E-state index contributed by atoms with van der Waals surface area (Å²) in [6.07, 6.45) is 5.20. The molecular weight excluding hydrogens is 568 g/mol. The highest BCUT2D eigenvalue weighted by molar-refractivity contribution is 5.88. The van der Waals surface area contributed by atoms with E-state index in [9.17, 15) is 14.4 Å². The van der Waals surface area contributed by atoms with Crippen LogP contribution in [0.2, 0.25) is 0 Å². The van der Waals surface area contributed by atoms with Gasteiger partial charge in [0.05, 0.1) is 26.5 Å². The van der Waals surface area contributed by atoms with E-state index in [1.54, 1.807) is 13.3 Å². The lowest BCUT2D eigenvalue weighted by Gasteiger charge is -2.23. The summed E-state index contributed by atoms with van der Waals surface area (Å²) in [5.74, 6) is -4.13. The molecule has 2 heterocycles. The molecule has 232 valence electrons. The minimum absolute atomic E-state index is 0.687. The van der Waals surface area contributed by atoms with Crippen molar-refractivity contribution < 1.29 is 39.5 Å². The molecule has 2 aromatic carbocycles. The van der Waals surface area contributed by atoms with Gasteiger partial charge in [-0.25, -0.2) is 4.79 Å². The van der Waals surface area contributed by atoms with Crippen LogP contribution in [-0.2, 0) is 40.6 Å². The number of carboxylic acids is 3. The Hall–Kier alpha value is -5.07. The lowest BCUT2D eigenvalue weighted by atomic mass is 9.96. The van der Waals surface area contributed by atoms with E-state index in [2.05, 4.69) is 76.5 Å². The van der Waals surface area contributed by atoms with Gasteiger partial charge in [-0.15, -0.1) is 0 Å². The first-order chi connectivity index (χ1) is 21.0. The quantitative estimate of drug-likeness (QED) is 0.165. The highest BCUT2D eigenvalue weighted by Crippen LogP contribution is 2.23. The summed E-state index contributed by atoms with van der Waals surface area (Å²) in [5, 5.41) is 38.2. The Kier molecular flexibility index (Phi) is 12.1. The number of aliphatic carboxylic acids is 3. The molecule has 4 N–H and O–H groups in total. The third-order valence-corrected chi connectivity index (χ3v) is 6.61. The fourth-order valence-electron chi connectivity index (χ4n) is 4.46. The maximum Gasteiger partial charge on any atom is 0.336 e. The van der Waals surface area contributed by atoms with Crippen molar-refractivity contribution in [3.63, 3.8) is 0 Å². The molecule has 0 spiro atoms. The van der Waals surface area contributed by atoms with E-state index in [1.807, 2.05) is 29.3 Å². The number of aliphatic hydroxyl groups is 1. The molecule has 0 fully saturated rings. The number of pyridine rings is 1. The Morgan fingerprint density at radius 1 is 0.841 bits per heavy atom. The summed E-state index contributed by atoms with van der Waals surface area (Å²) < 4.78 is 7.51. The van der Waals surface area contributed by atoms with Crippen molar-refractivity contribution in [2.24, 2.45) is 0 Å². The molecule has 0 amide bonds. The number of benzene rings is 2. The molecule has 4 aromatic rings. The Labute approximate surface area is 254 Å². The monoisotopic (exact) mass is 604 g/mol. The van der Waals surface area contributed by atoms with E-state index >= 15 is 0 Å². The van der Waals surface area contributed by atoms with Gasteiger partial charge in [0.15, 0.2) is 5.60 Å². The second-order valence-corrected chi connectivity index (χ2v) is 10.3. The second-order valence-electron chi connectivity index (χ2n) is 10.3. The van der Waals surface area contributed by atoms with E-state index in [4.69, 9.17) is 25.2 Å². The van der Waals surface area contributed by atoms with Crippen LogP contribution in [0.15, 0.2) is 85.5 Å². The topological polar surface area (TPSA) is 175 Å². The van der Waals surface area contributed by atoms with Gasteiger partial charge in [0, 0.05) is 50.0 Å². The molecule has 0 bridgehead atoms. The minimum atomic E-state index is -2.74. The maximum absolute atomic E-state index is 10.3. The summed E-state index contributed by atoms with van der Waals surface area (Å²) in [4.78, 5) is 37.1. The number of methoxy groups -OCH3 is 1. The largest absolute Gasteiger partial charge is 0.496 e. The van der Waals surface area contributed by atoms with E-state index in [1.165, 1.54) is 22.3 Å². The predicted molar refractivity (Wildman–Crippen MR) is 160 cm³/mol. The number of ether oxygens (including phenoxy) is 1. The number of rotatable bonds is 14. The van der Waals surface area contributed by atoms with Crippen LogP contribution in [-0.4, -0.2) is 70.7 Å². The Morgan fingerprint density at radius 3 is 1.93 bits per heavy atom. The molecule has 12 heteroatoms. The zero-order valence-electron chi connectivity index (χ0n) is 24.5. The minimum Gasteiger partial charge on any atom is -0.496 e. The maximum atomic E-state index is 10.3. The van der Waals surface area contributed by atoms with Gasteiger partial charge in [-0.2, -0.15) is 5.10 Å². The number of hydrogen-bond donors (Lipinski definition) is 4. The molecule has 0 radical (unpaired) electrons. The molecule has 0 saturated carbocycles. The highest BCUT2D eigenvalue weighted by Gasteiger charge is 2.40. The van der Waals surface area contributed by atoms with Crippen LogP contribution in [0.1, 0.15) is 40.7 Å². The van der Waals surface area contributed by atoms with Crippen LogP contribution in [0.5, 0.6) is 5.75 Å². The number of carbonyl (C=O) groups is 3. The van der Waals surface area contributed by atoms with Crippen LogP contribution in [0, 0.1) is 6.92 Å². The Bertz CT molecular complexity index is 1490. The van der Waals surface area contributed by atoms with E-state index in [0.717, 1.165) is 30.9 Å². The molecule has 12 nitrogen and oxygen atoms in total. The number of hydrogen-bond acceptors (Lipinski definition) is 8. The fraction of sp³-hybridized carbons (Fsp3) is 0.281. The summed E-state index contributed by atoms with van der Waals surface area (Å²) in [6, 6.07) is 21.3. The molecule has 0 aliphatic heterocycles. The van der Waals surface area contributed by atoms with Crippen molar-refractivity contribution in [1.29, 1.82) is 0 Å². The molecule has 4 rings (SSSR count). The average Bonchev–Trinajstić information content (AvgIpc) is 3.47. The summed E-state index contributed by atoms with van der Waals surface area (Å²) in [5.41, 5.74) is 3.49. The predicted octanol–water partition coefficient (Wildman–Crippen LogP) is 3.60. The molecule has 44 heavy (non-hydrogen) atoms. The van der Waals surface area contributed by atoms with E-state index in [0.29, 0.717) is 6.54 Å². The zero-order valence-corrected chi connectivity index (χ0v) is 24.5. The molecule has 0 saturated heterocycles. The van der Waals surface area contributed by atoms with Crippen LogP contribution < -0.4 is 4.74 Å². The molecule has 0 atom stereocenters. The van der Waals surface area contributed by atoms with Gasteiger partial charge in [-0.3, -0.25) is 24.2 Å². The van der Waals surface area contributed by atoms with Crippen molar-refractivity contribution in [3.05, 3.63) is 113 Å². The zero-order chi connectivity index (χ0) is 32.1. The second kappa shape index (κ2) is 16.0. The first kappa shape index (κ1) is 33.4. The first-order valence-electron chi connectivity index (χ1n) is 13.7. The number of aromatic nitrogens is 3. The summed E-state index contributed by atoms with van der Waals surface area (Å²) in [7, 11) is 1.72. The summed E-state index contributed by atoms with van der Waals surface area (Å²) in [6.45, 7) is 5.38. The highest BCUT2D eigenvalue weighted by atomic mass is 16.5. The lowest BCUT2D eigenvalue weighted by Crippen LogP contribution is -2.42. The average molecular weight is 605 g/mol. The van der Waals surface area contributed by atoms with Crippen LogP contribution >= 0.6 is 0 Å². The fourth-order valence-corrected chi connectivity index (χ4v) is 4.46. The van der Waals surface area contributed by atoms with Gasteiger partial charge in [0.1, 0.15) is 5.75 Å². The van der Waals surface area contributed by atoms with Crippen molar-refractivity contribution >= 4 is 17.9 Å². The number of carboxylic acid groups (broad SMARTS) is 3. The molecular formula is C32H36N4O8. The van der Waals surface area contributed by atoms with Crippen molar-refractivity contribution in [1.82, 2.24) is 19.7 Å². The SMILES string of the molecule is COc1ccc(CN(Cc2ccncc2)Cc2ccc(C)cc2)cc1Cn1cccn1.O=C(O)CC(O)(CC(=O)O)C(=O)O. The van der Waals surface area contributed by atoms with Gasteiger partial charge in [-0.1, -0.05) is 35.9 Å². The number of aryl methyl sites for hydroxylation is 1. The third kappa shape index (κ3) is 10.6. The van der Waals surface area contributed by atoms with E-state index in [-0.39, 0.29) is 0 Å². The lowest BCUT2D eigenvalue weighted by molar-refractivity contribution is -0.170. The van der Waals surface area contributed by atoms with Gasteiger partial charge in [0.25, 0.3) is 0 Å². The molecule has 0 aliphatic rings. The summed E-state index contributed by atoms with van der Waals surface area (Å²) >= 11 is 0. The Balaban J connectivity index is 0.000000345. The first-order valence-corrected chi connectivity index (χ1v) is 13.7. The third-order valence-electron chi connectivity index (χ3n) is 6.61. The van der Waals surface area contributed by atoms with Crippen LogP contribution in [0.25, 0.3) is 0 Å². The van der Waals surface area contributed by atoms with Crippen molar-refractivity contribution in [3.8, 4) is 5.75 Å². The van der Waals surface area contributed by atoms with Crippen LogP contribution in [0.4, 0.5) is 0 Å².